The Kier molecular flexibility index (Phi) is 11.4. The molecule has 2 amide bonds. The molecule has 1 saturated carbocycles. The van der Waals surface area contributed by atoms with Crippen molar-refractivity contribution in [2.45, 2.75) is 64.3 Å². The third kappa shape index (κ3) is 8.94. The molecule has 0 aromatic heterocycles. The first kappa shape index (κ1) is 20.2. The Hall–Kier alpha value is -0.810. The van der Waals surface area contributed by atoms with Crippen LogP contribution in [-0.2, 0) is 9.59 Å². The van der Waals surface area contributed by atoms with Crippen LogP contribution in [0.4, 0.5) is 0 Å². The number of amides is 2. The van der Waals surface area contributed by atoms with E-state index in [-0.39, 0.29) is 24.2 Å². The van der Waals surface area contributed by atoms with Gasteiger partial charge in [0.2, 0.25) is 11.8 Å². The van der Waals surface area contributed by atoms with Crippen molar-refractivity contribution >= 4 is 24.2 Å². The lowest BCUT2D eigenvalue weighted by molar-refractivity contribution is -0.124. The van der Waals surface area contributed by atoms with Crippen molar-refractivity contribution in [1.82, 2.24) is 10.6 Å². The minimum Gasteiger partial charge on any atom is -0.354 e. The fourth-order valence-corrected chi connectivity index (χ4v) is 2.69. The summed E-state index contributed by atoms with van der Waals surface area (Å²) >= 11 is 0. The molecule has 1 aliphatic carbocycles. The molecule has 5 nitrogen and oxygen atoms in total. The van der Waals surface area contributed by atoms with Crippen LogP contribution in [0.3, 0.4) is 0 Å². The second-order valence-electron chi connectivity index (χ2n) is 5.74. The largest absolute Gasteiger partial charge is 0.354 e. The summed E-state index contributed by atoms with van der Waals surface area (Å²) in [5.41, 5.74) is 5.69. The van der Waals surface area contributed by atoms with E-state index in [2.05, 4.69) is 10.6 Å². The van der Waals surface area contributed by atoms with Crippen molar-refractivity contribution in [3.63, 3.8) is 0 Å². The molecule has 1 aliphatic rings. The van der Waals surface area contributed by atoms with Gasteiger partial charge in [-0.05, 0) is 25.2 Å². The lowest BCUT2D eigenvalue weighted by atomic mass is 9.87. The number of carbonyl (C=O) groups excluding carboxylic acids is 2. The zero-order chi connectivity index (χ0) is 14.8. The van der Waals surface area contributed by atoms with Gasteiger partial charge < -0.3 is 16.4 Å². The zero-order valence-electron chi connectivity index (χ0n) is 13.0. The normalized spacial score (nSPS) is 16.7. The summed E-state index contributed by atoms with van der Waals surface area (Å²) in [7, 11) is 0. The number of nitrogens with two attached hydrogens (primary N) is 1. The third-order valence-electron chi connectivity index (χ3n) is 3.88. The smallest absolute Gasteiger partial charge is 0.236 e. The van der Waals surface area contributed by atoms with Crippen molar-refractivity contribution in [2.75, 3.05) is 13.1 Å². The monoisotopic (exact) mass is 319 g/mol. The highest BCUT2D eigenvalue weighted by atomic mass is 35.5. The summed E-state index contributed by atoms with van der Waals surface area (Å²) in [6.07, 6.45) is 8.39. The highest BCUT2D eigenvalue weighted by Gasteiger charge is 2.16. The van der Waals surface area contributed by atoms with E-state index >= 15 is 0 Å². The van der Waals surface area contributed by atoms with Crippen molar-refractivity contribution < 1.29 is 9.59 Å². The van der Waals surface area contributed by atoms with Crippen LogP contribution in [0.15, 0.2) is 0 Å². The second kappa shape index (κ2) is 11.8. The molecule has 4 N–H and O–H groups in total. The van der Waals surface area contributed by atoms with Gasteiger partial charge in [0.1, 0.15) is 0 Å². The fourth-order valence-electron chi connectivity index (χ4n) is 2.69. The number of hydrogen-bond acceptors (Lipinski definition) is 3. The Balaban J connectivity index is 0.00000400. The van der Waals surface area contributed by atoms with E-state index in [9.17, 15) is 9.59 Å². The topological polar surface area (TPSA) is 84.2 Å². The van der Waals surface area contributed by atoms with Gasteiger partial charge in [0, 0.05) is 19.5 Å². The van der Waals surface area contributed by atoms with Gasteiger partial charge in [-0.2, -0.15) is 0 Å². The SMILES string of the molecule is CCCC(N)C(=O)NCCNC(=O)CC1CCCCC1.Cl. The van der Waals surface area contributed by atoms with Crippen molar-refractivity contribution in [3.05, 3.63) is 0 Å². The Morgan fingerprint density at radius 3 is 2.38 bits per heavy atom. The van der Waals surface area contributed by atoms with E-state index in [1.54, 1.807) is 0 Å². The quantitative estimate of drug-likeness (QED) is 0.596. The van der Waals surface area contributed by atoms with Crippen LogP contribution in [0.5, 0.6) is 0 Å². The summed E-state index contributed by atoms with van der Waals surface area (Å²) < 4.78 is 0. The van der Waals surface area contributed by atoms with E-state index in [1.807, 2.05) is 6.92 Å². The average Bonchev–Trinajstić information content (AvgIpc) is 2.44. The molecule has 1 rings (SSSR count). The van der Waals surface area contributed by atoms with Gasteiger partial charge in [0.25, 0.3) is 0 Å². The molecular formula is C15H30ClN3O2. The number of nitrogens with one attached hydrogen (secondary N) is 2. The molecule has 0 radical (unpaired) electrons. The lowest BCUT2D eigenvalue weighted by Gasteiger charge is -2.20. The Morgan fingerprint density at radius 1 is 1.14 bits per heavy atom. The van der Waals surface area contributed by atoms with E-state index in [4.69, 9.17) is 5.73 Å². The van der Waals surface area contributed by atoms with Gasteiger partial charge in [0.05, 0.1) is 6.04 Å². The molecule has 6 heteroatoms. The molecule has 0 aromatic rings. The van der Waals surface area contributed by atoms with Crippen LogP contribution < -0.4 is 16.4 Å². The van der Waals surface area contributed by atoms with Crippen molar-refractivity contribution in [2.24, 2.45) is 11.7 Å². The molecule has 0 heterocycles. The molecule has 0 aliphatic heterocycles. The van der Waals surface area contributed by atoms with Gasteiger partial charge in [-0.1, -0.05) is 32.6 Å². The minimum atomic E-state index is -0.432. The summed E-state index contributed by atoms with van der Waals surface area (Å²) in [6.45, 7) is 2.93. The summed E-state index contributed by atoms with van der Waals surface area (Å²) in [5.74, 6) is 0.522. The van der Waals surface area contributed by atoms with E-state index in [0.29, 0.717) is 31.8 Å². The molecule has 0 spiro atoms. The Bertz CT molecular complexity index is 307. The van der Waals surface area contributed by atoms with E-state index < -0.39 is 6.04 Å². The summed E-state index contributed by atoms with van der Waals surface area (Å²) in [6, 6.07) is -0.432. The number of rotatable bonds is 8. The van der Waals surface area contributed by atoms with Crippen LogP contribution >= 0.6 is 12.4 Å². The standard InChI is InChI=1S/C15H29N3O2.ClH/c1-2-6-13(16)15(20)18-10-9-17-14(19)11-12-7-4-3-5-8-12;/h12-13H,2-11,16H2,1H3,(H,17,19)(H,18,20);1H. The number of carbonyl (C=O) groups is 2. The number of hydrogen-bond donors (Lipinski definition) is 3. The van der Waals surface area contributed by atoms with Crippen LogP contribution in [0.25, 0.3) is 0 Å². The van der Waals surface area contributed by atoms with Gasteiger partial charge in [0.15, 0.2) is 0 Å². The highest BCUT2D eigenvalue weighted by Crippen LogP contribution is 2.25. The predicted molar refractivity (Wildman–Crippen MR) is 87.3 cm³/mol. The minimum absolute atomic E-state index is 0. The van der Waals surface area contributed by atoms with Crippen molar-refractivity contribution in [3.8, 4) is 0 Å². The van der Waals surface area contributed by atoms with Gasteiger partial charge >= 0.3 is 0 Å². The molecule has 1 fully saturated rings. The van der Waals surface area contributed by atoms with Crippen LogP contribution in [0.1, 0.15) is 58.3 Å². The fraction of sp³-hybridized carbons (Fsp3) is 0.867. The maximum atomic E-state index is 11.7. The first-order valence-electron chi connectivity index (χ1n) is 7.93. The average molecular weight is 320 g/mol. The van der Waals surface area contributed by atoms with E-state index in [1.165, 1.54) is 32.1 Å². The van der Waals surface area contributed by atoms with Gasteiger partial charge in [-0.25, -0.2) is 0 Å². The van der Waals surface area contributed by atoms with Crippen LogP contribution in [0.2, 0.25) is 0 Å². The lowest BCUT2D eigenvalue weighted by Crippen LogP contribution is -2.43. The number of halogens is 1. The molecule has 0 saturated heterocycles. The third-order valence-corrected chi connectivity index (χ3v) is 3.88. The molecule has 0 bridgehead atoms. The molecular weight excluding hydrogens is 290 g/mol. The van der Waals surface area contributed by atoms with Crippen LogP contribution in [0, 0.1) is 5.92 Å². The molecule has 1 atom stereocenters. The van der Waals surface area contributed by atoms with Crippen molar-refractivity contribution in [1.29, 1.82) is 0 Å². The highest BCUT2D eigenvalue weighted by molar-refractivity contribution is 5.85. The summed E-state index contributed by atoms with van der Waals surface area (Å²) in [4.78, 5) is 23.3. The first-order chi connectivity index (χ1) is 9.63. The van der Waals surface area contributed by atoms with Crippen LogP contribution in [-0.4, -0.2) is 30.9 Å². The molecule has 0 aromatic carbocycles. The maximum Gasteiger partial charge on any atom is 0.236 e. The molecule has 21 heavy (non-hydrogen) atoms. The zero-order valence-corrected chi connectivity index (χ0v) is 13.8. The molecule has 1 unspecified atom stereocenters. The second-order valence-corrected chi connectivity index (χ2v) is 5.74. The molecule has 124 valence electrons. The van der Waals surface area contributed by atoms with E-state index in [0.717, 1.165) is 6.42 Å². The Labute approximate surface area is 134 Å². The summed E-state index contributed by atoms with van der Waals surface area (Å²) in [5, 5.41) is 5.61. The Morgan fingerprint density at radius 2 is 1.76 bits per heavy atom. The van der Waals surface area contributed by atoms with Gasteiger partial charge in [-0.15, -0.1) is 12.4 Å². The first-order valence-corrected chi connectivity index (χ1v) is 7.93. The maximum absolute atomic E-state index is 11.7. The predicted octanol–water partition coefficient (Wildman–Crippen LogP) is 1.74. The van der Waals surface area contributed by atoms with Gasteiger partial charge in [-0.3, -0.25) is 9.59 Å².